The molecule has 1 saturated heterocycles. The van der Waals surface area contributed by atoms with E-state index in [-0.39, 0.29) is 12.3 Å². The smallest absolute Gasteiger partial charge is 0.147 e. The van der Waals surface area contributed by atoms with Crippen LogP contribution in [0.3, 0.4) is 0 Å². The first-order valence-corrected chi connectivity index (χ1v) is 11.9. The van der Waals surface area contributed by atoms with E-state index in [1.807, 2.05) is 24.4 Å². The summed E-state index contributed by atoms with van der Waals surface area (Å²) in [5.74, 6) is 1.81. The molecule has 4 rings (SSSR count). The van der Waals surface area contributed by atoms with Crippen molar-refractivity contribution < 1.29 is 4.74 Å². The molecule has 2 unspecified atom stereocenters. The fraction of sp³-hybridized carbons (Fsp3) is 0.652. The molecule has 162 valence electrons. The van der Waals surface area contributed by atoms with Crippen LogP contribution in [0.15, 0.2) is 46.4 Å². The zero-order chi connectivity index (χ0) is 20.6. The molecule has 0 radical (unpaired) electrons. The molecule has 0 bridgehead atoms. The molecule has 2 atom stereocenters. The first-order chi connectivity index (χ1) is 14.1. The van der Waals surface area contributed by atoms with Crippen LogP contribution in [0, 0.1) is 11.8 Å². The van der Waals surface area contributed by atoms with Gasteiger partial charge in [0.15, 0.2) is 0 Å². The summed E-state index contributed by atoms with van der Waals surface area (Å²) in [6.07, 6.45) is 16.1. The van der Waals surface area contributed by atoms with Gasteiger partial charge in [0.2, 0.25) is 0 Å². The van der Waals surface area contributed by atoms with Gasteiger partial charge in [-0.05, 0) is 81.9 Å². The van der Waals surface area contributed by atoms with Gasteiger partial charge in [0.1, 0.15) is 6.23 Å². The van der Waals surface area contributed by atoms with Gasteiger partial charge in [0.05, 0.1) is 17.5 Å². The maximum atomic E-state index is 6.19. The number of likely N-dealkylation sites (tertiary alicyclic amines) is 1. The molecule has 6 heteroatoms. The maximum Gasteiger partial charge on any atom is 0.147 e. The lowest BCUT2D eigenvalue weighted by Gasteiger charge is -2.28. The van der Waals surface area contributed by atoms with Gasteiger partial charge >= 0.3 is 0 Å². The summed E-state index contributed by atoms with van der Waals surface area (Å²) in [5, 5.41) is 6.59. The molecule has 2 fully saturated rings. The Morgan fingerprint density at radius 3 is 2.62 bits per heavy atom. The van der Waals surface area contributed by atoms with E-state index in [1.165, 1.54) is 45.3 Å². The van der Waals surface area contributed by atoms with Gasteiger partial charge in [-0.3, -0.25) is 0 Å². The molecule has 5 nitrogen and oxygen atoms in total. The van der Waals surface area contributed by atoms with Crippen LogP contribution in [0.25, 0.3) is 0 Å². The van der Waals surface area contributed by atoms with Crippen molar-refractivity contribution in [2.24, 2.45) is 17.6 Å². The molecule has 2 heterocycles. The highest BCUT2D eigenvalue weighted by Gasteiger charge is 2.26. The summed E-state index contributed by atoms with van der Waals surface area (Å²) >= 11 is 3.59. The zero-order valence-corrected chi connectivity index (χ0v) is 19.5. The number of piperidine rings is 1. The van der Waals surface area contributed by atoms with E-state index in [4.69, 9.17) is 10.5 Å². The summed E-state index contributed by atoms with van der Waals surface area (Å²) in [5.41, 5.74) is 7.99. The Morgan fingerprint density at radius 1 is 1.24 bits per heavy atom. The lowest BCUT2D eigenvalue weighted by Crippen LogP contribution is -2.34. The third-order valence-electron chi connectivity index (χ3n) is 6.03. The van der Waals surface area contributed by atoms with Crippen molar-refractivity contribution in [2.45, 2.75) is 58.3 Å². The van der Waals surface area contributed by atoms with Gasteiger partial charge in [0.25, 0.3) is 0 Å². The molecular formula is C23H37BrN4O. The van der Waals surface area contributed by atoms with Gasteiger partial charge in [-0.25, -0.2) is 0 Å². The topological polar surface area (TPSA) is 62.5 Å². The van der Waals surface area contributed by atoms with E-state index in [0.29, 0.717) is 0 Å². The summed E-state index contributed by atoms with van der Waals surface area (Å²) in [6, 6.07) is 0. The highest BCUT2D eigenvalue weighted by molar-refractivity contribution is 9.11. The van der Waals surface area contributed by atoms with Crippen LogP contribution >= 0.6 is 15.9 Å². The Morgan fingerprint density at radius 2 is 2.00 bits per heavy atom. The van der Waals surface area contributed by atoms with Crippen molar-refractivity contribution in [1.82, 2.24) is 15.5 Å². The number of halogens is 1. The first-order valence-electron chi connectivity index (χ1n) is 11.1. The van der Waals surface area contributed by atoms with E-state index in [1.54, 1.807) is 0 Å². The van der Waals surface area contributed by atoms with Gasteiger partial charge in [-0.1, -0.05) is 41.9 Å². The number of dihydropyridines is 1. The fourth-order valence-electron chi connectivity index (χ4n) is 3.67. The van der Waals surface area contributed by atoms with Crippen molar-refractivity contribution in [3.8, 4) is 0 Å². The molecule has 29 heavy (non-hydrogen) atoms. The summed E-state index contributed by atoms with van der Waals surface area (Å²) in [7, 11) is 0. The van der Waals surface area contributed by atoms with E-state index >= 15 is 0 Å². The van der Waals surface area contributed by atoms with Crippen LogP contribution in [-0.2, 0) is 4.74 Å². The third-order valence-corrected chi connectivity index (χ3v) is 6.97. The number of nitrogens with one attached hydrogen (secondary N) is 2. The van der Waals surface area contributed by atoms with E-state index in [9.17, 15) is 0 Å². The first kappa shape index (κ1) is 22.4. The van der Waals surface area contributed by atoms with E-state index in [2.05, 4.69) is 51.4 Å². The minimum Gasteiger partial charge on any atom is -0.396 e. The second kappa shape index (κ2) is 11.2. The molecule has 2 aliphatic carbocycles. The molecule has 0 amide bonds. The number of ether oxygens (including phenoxy) is 1. The second-order valence-corrected chi connectivity index (χ2v) is 9.37. The SMILES string of the molecule is CCN1CCC(C)CC1.NC1=C(Br)C(OC2C=CC=CN2)CC=C1NCC1CC1. The van der Waals surface area contributed by atoms with Crippen LogP contribution in [0.5, 0.6) is 0 Å². The Kier molecular flexibility index (Phi) is 8.69. The Balaban J connectivity index is 0.000000224. The molecule has 0 aromatic heterocycles. The fourth-order valence-corrected chi connectivity index (χ4v) is 4.17. The van der Waals surface area contributed by atoms with Crippen molar-refractivity contribution in [2.75, 3.05) is 26.2 Å². The van der Waals surface area contributed by atoms with Crippen molar-refractivity contribution in [3.05, 3.63) is 46.4 Å². The lowest BCUT2D eigenvalue weighted by molar-refractivity contribution is 0.0279. The summed E-state index contributed by atoms with van der Waals surface area (Å²) < 4.78 is 6.93. The predicted octanol–water partition coefficient (Wildman–Crippen LogP) is 3.96. The number of hydrogen-bond acceptors (Lipinski definition) is 5. The molecule has 1 saturated carbocycles. The molecule has 0 aromatic rings. The monoisotopic (exact) mass is 464 g/mol. The second-order valence-electron chi connectivity index (χ2n) is 8.51. The molecule has 4 N–H and O–H groups in total. The Labute approximate surface area is 184 Å². The predicted molar refractivity (Wildman–Crippen MR) is 124 cm³/mol. The van der Waals surface area contributed by atoms with Crippen LogP contribution in [-0.4, -0.2) is 43.4 Å². The standard InChI is InChI=1S/C15H20BrN3O.C8H17N/c16-14-12(20-13-3-1-2-8-18-13)7-6-11(15(14)17)19-9-10-4-5-10;1-3-9-6-4-8(2)5-7-9/h1-3,6,8,10,12-13,18-19H,4-5,7,9,17H2;8H,3-7H2,1-2H3. The Hall–Kier alpha value is -1.24. The Bertz CT molecular complexity index is 645. The zero-order valence-electron chi connectivity index (χ0n) is 17.9. The molecule has 2 aliphatic heterocycles. The maximum absolute atomic E-state index is 6.19. The molecule has 4 aliphatic rings. The van der Waals surface area contributed by atoms with Crippen LogP contribution in [0.4, 0.5) is 0 Å². The van der Waals surface area contributed by atoms with Crippen LogP contribution < -0.4 is 16.4 Å². The number of rotatable bonds is 6. The summed E-state index contributed by atoms with van der Waals surface area (Å²) in [4.78, 5) is 2.53. The van der Waals surface area contributed by atoms with Crippen molar-refractivity contribution in [1.29, 1.82) is 0 Å². The van der Waals surface area contributed by atoms with E-state index < -0.39 is 0 Å². The number of hydrogen-bond donors (Lipinski definition) is 3. The minimum absolute atomic E-state index is 0.0323. The average Bonchev–Trinajstić information content (AvgIpc) is 3.57. The number of allylic oxidation sites excluding steroid dienone is 2. The average molecular weight is 465 g/mol. The highest BCUT2D eigenvalue weighted by atomic mass is 79.9. The van der Waals surface area contributed by atoms with E-state index in [0.717, 1.165) is 40.7 Å². The quantitative estimate of drug-likeness (QED) is 0.554. The number of nitrogens with zero attached hydrogens (tertiary/aromatic N) is 1. The van der Waals surface area contributed by atoms with Gasteiger partial charge in [-0.2, -0.15) is 0 Å². The van der Waals surface area contributed by atoms with Crippen LogP contribution in [0.1, 0.15) is 46.0 Å². The van der Waals surface area contributed by atoms with Crippen molar-refractivity contribution in [3.63, 3.8) is 0 Å². The largest absolute Gasteiger partial charge is 0.396 e. The van der Waals surface area contributed by atoms with Gasteiger partial charge < -0.3 is 26.0 Å². The minimum atomic E-state index is -0.0975. The van der Waals surface area contributed by atoms with Gasteiger partial charge in [-0.15, -0.1) is 0 Å². The lowest BCUT2D eigenvalue weighted by atomic mass is 9.99. The number of nitrogens with two attached hydrogens (primary N) is 1. The van der Waals surface area contributed by atoms with Crippen LogP contribution in [0.2, 0.25) is 0 Å². The third kappa shape index (κ3) is 7.19. The molecule has 0 spiro atoms. The molecular weight excluding hydrogens is 428 g/mol. The summed E-state index contributed by atoms with van der Waals surface area (Å²) in [6.45, 7) is 9.53. The van der Waals surface area contributed by atoms with Gasteiger partial charge in [0, 0.05) is 11.0 Å². The normalized spacial score (nSPS) is 27.8. The molecule has 0 aromatic carbocycles. The van der Waals surface area contributed by atoms with Crippen molar-refractivity contribution >= 4 is 15.9 Å². The highest BCUT2D eigenvalue weighted by Crippen LogP contribution is 2.31.